The molecule has 2 atom stereocenters. The fraction of sp³-hybridized carbons (Fsp3) is 0.875. The van der Waals surface area contributed by atoms with E-state index in [2.05, 4.69) is 5.32 Å². The van der Waals surface area contributed by atoms with Crippen molar-refractivity contribution < 1.29 is 9.59 Å². The predicted octanol–water partition coefficient (Wildman–Crippen LogP) is 2.04. The summed E-state index contributed by atoms with van der Waals surface area (Å²) in [5.41, 5.74) is -0.647. The van der Waals surface area contributed by atoms with Crippen molar-refractivity contribution in [2.45, 2.75) is 57.5 Å². The van der Waals surface area contributed by atoms with E-state index in [1.54, 1.807) is 0 Å². The molecule has 21 heavy (non-hydrogen) atoms. The van der Waals surface area contributed by atoms with Gasteiger partial charge in [0.05, 0.1) is 0 Å². The van der Waals surface area contributed by atoms with Gasteiger partial charge in [0.1, 0.15) is 11.6 Å². The van der Waals surface area contributed by atoms with Gasteiger partial charge in [-0.3, -0.25) is 9.59 Å². The van der Waals surface area contributed by atoms with Crippen molar-refractivity contribution in [2.24, 2.45) is 11.8 Å². The molecule has 1 N–H and O–H groups in total. The fourth-order valence-electron chi connectivity index (χ4n) is 3.73. The molecule has 1 aliphatic carbocycles. The van der Waals surface area contributed by atoms with E-state index in [4.69, 9.17) is 0 Å². The van der Waals surface area contributed by atoms with Gasteiger partial charge in [-0.25, -0.2) is 0 Å². The lowest BCUT2D eigenvalue weighted by atomic mass is 9.87. The molecule has 5 heteroatoms. The number of amides is 2. The van der Waals surface area contributed by atoms with Crippen LogP contribution in [0.5, 0.6) is 0 Å². The van der Waals surface area contributed by atoms with Gasteiger partial charge < -0.3 is 10.2 Å². The summed E-state index contributed by atoms with van der Waals surface area (Å²) in [6.07, 6.45) is 5.18. The second-order valence-electron chi connectivity index (χ2n) is 6.90. The molecule has 0 bridgehead atoms. The van der Waals surface area contributed by atoms with Gasteiger partial charge in [-0.2, -0.15) is 11.8 Å². The topological polar surface area (TPSA) is 49.4 Å². The summed E-state index contributed by atoms with van der Waals surface area (Å²) >= 11 is 2.00. The zero-order chi connectivity index (χ0) is 15.0. The molecule has 0 spiro atoms. The summed E-state index contributed by atoms with van der Waals surface area (Å²) in [5.74, 6) is 3.51. The molecule has 0 radical (unpaired) electrons. The van der Waals surface area contributed by atoms with Gasteiger partial charge in [0, 0.05) is 6.54 Å². The summed E-state index contributed by atoms with van der Waals surface area (Å²) in [7, 11) is 0. The molecule has 2 aliphatic heterocycles. The number of rotatable bonds is 4. The van der Waals surface area contributed by atoms with Gasteiger partial charge in [0.25, 0.3) is 0 Å². The van der Waals surface area contributed by atoms with Crippen LogP contribution in [0.4, 0.5) is 0 Å². The molecule has 2 saturated heterocycles. The Hall–Kier alpha value is -0.710. The number of piperazine rings is 1. The van der Waals surface area contributed by atoms with Gasteiger partial charge in [-0.05, 0) is 62.4 Å². The Balaban J connectivity index is 1.78. The summed E-state index contributed by atoms with van der Waals surface area (Å²) < 4.78 is 0. The van der Waals surface area contributed by atoms with E-state index in [0.29, 0.717) is 18.3 Å². The van der Waals surface area contributed by atoms with E-state index in [1.807, 2.05) is 30.5 Å². The van der Waals surface area contributed by atoms with Crippen LogP contribution in [-0.4, -0.2) is 46.3 Å². The molecule has 0 aromatic rings. The Morgan fingerprint density at radius 2 is 1.90 bits per heavy atom. The van der Waals surface area contributed by atoms with Crippen LogP contribution in [0.1, 0.15) is 46.0 Å². The third-order valence-electron chi connectivity index (χ3n) is 5.34. The first-order valence-corrected chi connectivity index (χ1v) is 9.42. The zero-order valence-corrected chi connectivity index (χ0v) is 13.9. The van der Waals surface area contributed by atoms with E-state index in [0.717, 1.165) is 19.4 Å². The summed E-state index contributed by atoms with van der Waals surface area (Å²) in [4.78, 5) is 27.4. The van der Waals surface area contributed by atoms with E-state index in [1.165, 1.54) is 24.3 Å². The smallest absolute Gasteiger partial charge is 0.249 e. The molecular weight excluding hydrogens is 284 g/mol. The molecule has 0 aromatic heterocycles. The second-order valence-corrected chi connectivity index (χ2v) is 8.13. The highest BCUT2D eigenvalue weighted by Crippen LogP contribution is 2.42. The number of hydrogen-bond donors (Lipinski definition) is 1. The molecule has 2 unspecified atom stereocenters. The number of thioether (sulfide) groups is 1. The molecule has 2 amide bonds. The maximum absolute atomic E-state index is 13.0. The molecular formula is C16H26N2O2S. The summed E-state index contributed by atoms with van der Waals surface area (Å²) in [6.45, 7) is 4.70. The Morgan fingerprint density at radius 1 is 1.24 bits per heavy atom. The zero-order valence-electron chi connectivity index (χ0n) is 13.1. The minimum Gasteiger partial charge on any atom is -0.340 e. The quantitative estimate of drug-likeness (QED) is 0.864. The molecule has 3 aliphatic rings. The van der Waals surface area contributed by atoms with Gasteiger partial charge in [-0.1, -0.05) is 6.92 Å². The Bertz CT molecular complexity index is 432. The highest BCUT2D eigenvalue weighted by molar-refractivity contribution is 7.99. The van der Waals surface area contributed by atoms with E-state index in [9.17, 15) is 9.59 Å². The monoisotopic (exact) mass is 310 g/mol. The second kappa shape index (κ2) is 5.82. The van der Waals surface area contributed by atoms with Crippen molar-refractivity contribution in [1.82, 2.24) is 10.2 Å². The minimum absolute atomic E-state index is 0.0525. The van der Waals surface area contributed by atoms with Crippen molar-refractivity contribution >= 4 is 23.6 Å². The van der Waals surface area contributed by atoms with Crippen molar-refractivity contribution in [3.63, 3.8) is 0 Å². The maximum Gasteiger partial charge on any atom is 0.249 e. The molecule has 118 valence electrons. The molecule has 3 rings (SSSR count). The number of carbonyl (C=O) groups is 2. The SMILES string of the molecule is CCC1C(=O)NC(C)(C2CC2)C(=O)N1CC1CCSCC1. The van der Waals surface area contributed by atoms with Crippen LogP contribution in [0, 0.1) is 11.8 Å². The lowest BCUT2D eigenvalue weighted by Gasteiger charge is -2.46. The van der Waals surface area contributed by atoms with E-state index < -0.39 is 5.54 Å². The fourth-order valence-corrected chi connectivity index (χ4v) is 4.94. The average Bonchev–Trinajstić information content (AvgIpc) is 3.31. The maximum atomic E-state index is 13.0. The first-order chi connectivity index (χ1) is 10.1. The van der Waals surface area contributed by atoms with Crippen molar-refractivity contribution in [2.75, 3.05) is 18.1 Å². The van der Waals surface area contributed by atoms with Crippen LogP contribution in [-0.2, 0) is 9.59 Å². The molecule has 0 aromatic carbocycles. The number of carbonyl (C=O) groups excluding carboxylic acids is 2. The van der Waals surface area contributed by atoms with Crippen LogP contribution in [0.3, 0.4) is 0 Å². The Kier molecular flexibility index (Phi) is 4.21. The van der Waals surface area contributed by atoms with Crippen LogP contribution >= 0.6 is 11.8 Å². The third-order valence-corrected chi connectivity index (χ3v) is 6.39. The summed E-state index contributed by atoms with van der Waals surface area (Å²) in [5, 5.41) is 3.04. The average molecular weight is 310 g/mol. The first kappa shape index (κ1) is 15.2. The normalized spacial score (nSPS) is 35.0. The summed E-state index contributed by atoms with van der Waals surface area (Å²) in [6, 6.07) is -0.265. The highest BCUT2D eigenvalue weighted by Gasteiger charge is 2.55. The number of nitrogens with zero attached hydrogens (tertiary/aromatic N) is 1. The van der Waals surface area contributed by atoms with Crippen molar-refractivity contribution in [3.8, 4) is 0 Å². The molecule has 2 heterocycles. The number of nitrogens with one attached hydrogen (secondary N) is 1. The molecule has 3 fully saturated rings. The largest absolute Gasteiger partial charge is 0.340 e. The minimum atomic E-state index is -0.647. The lowest BCUT2D eigenvalue weighted by Crippen LogP contribution is -2.70. The molecule has 1 saturated carbocycles. The first-order valence-electron chi connectivity index (χ1n) is 8.27. The van der Waals surface area contributed by atoms with Gasteiger partial charge >= 0.3 is 0 Å². The van der Waals surface area contributed by atoms with Crippen LogP contribution in [0.2, 0.25) is 0 Å². The lowest BCUT2D eigenvalue weighted by molar-refractivity contribution is -0.156. The third kappa shape index (κ3) is 2.81. The van der Waals surface area contributed by atoms with Crippen LogP contribution < -0.4 is 5.32 Å². The molecule has 4 nitrogen and oxygen atoms in total. The van der Waals surface area contributed by atoms with Gasteiger partial charge in [0.2, 0.25) is 11.8 Å². The Labute approximate surface area is 131 Å². The van der Waals surface area contributed by atoms with Crippen molar-refractivity contribution in [3.05, 3.63) is 0 Å². The van der Waals surface area contributed by atoms with Gasteiger partial charge in [0.15, 0.2) is 0 Å². The van der Waals surface area contributed by atoms with Crippen molar-refractivity contribution in [1.29, 1.82) is 0 Å². The predicted molar refractivity (Wildman–Crippen MR) is 85.1 cm³/mol. The highest BCUT2D eigenvalue weighted by atomic mass is 32.2. The van der Waals surface area contributed by atoms with Crippen LogP contribution in [0.15, 0.2) is 0 Å². The van der Waals surface area contributed by atoms with Crippen LogP contribution in [0.25, 0.3) is 0 Å². The Morgan fingerprint density at radius 3 is 2.48 bits per heavy atom. The van der Waals surface area contributed by atoms with E-state index in [-0.39, 0.29) is 17.9 Å². The van der Waals surface area contributed by atoms with E-state index >= 15 is 0 Å². The standard InChI is InChI=1S/C16H26N2O2S/c1-3-13-14(19)17-16(2,12-4-5-12)15(20)18(13)10-11-6-8-21-9-7-11/h11-13H,3-10H2,1-2H3,(H,17,19). The number of hydrogen-bond acceptors (Lipinski definition) is 3. The van der Waals surface area contributed by atoms with Gasteiger partial charge in [-0.15, -0.1) is 0 Å².